The van der Waals surface area contributed by atoms with Crippen molar-refractivity contribution in [1.29, 1.82) is 0 Å². The third-order valence-corrected chi connectivity index (χ3v) is 21.6. The highest BCUT2D eigenvalue weighted by Crippen LogP contribution is 2.67. The summed E-state index contributed by atoms with van der Waals surface area (Å²) >= 11 is 0. The molecular formula is C67H86F9N15O4. The smallest absolute Gasteiger partial charge is 0.431 e. The van der Waals surface area contributed by atoms with Gasteiger partial charge in [0.2, 0.25) is 0 Å². The van der Waals surface area contributed by atoms with Crippen molar-refractivity contribution in [1.82, 2.24) is 59.0 Å². The first kappa shape index (κ1) is 66.8. The van der Waals surface area contributed by atoms with E-state index in [0.717, 1.165) is 89.8 Å². The van der Waals surface area contributed by atoms with E-state index in [2.05, 4.69) is 69.8 Å². The molecule has 6 unspecified atom stereocenters. The van der Waals surface area contributed by atoms with Crippen LogP contribution in [0.1, 0.15) is 144 Å². The Morgan fingerprint density at radius 1 is 0.621 bits per heavy atom. The predicted molar refractivity (Wildman–Crippen MR) is 337 cm³/mol. The third-order valence-electron chi connectivity index (χ3n) is 21.6. The summed E-state index contributed by atoms with van der Waals surface area (Å²) in [6.45, 7) is 12.4. The molecule has 0 spiro atoms. The van der Waals surface area contributed by atoms with Gasteiger partial charge >= 0.3 is 19.2 Å². The molecule has 6 aromatic rings. The first-order valence-corrected chi connectivity index (χ1v) is 33.6. The standard InChI is InChI=1S/C23H28F3N5O2.C22H28F3N5O.C22H30F3N5O/c24-23(25,26)33-20-7-14(11-28-22(20)27)18-10-19(31(29-18)12-13-1-2-13)21-16-8-15(9-17(16)21)30-3-5-32-6-4-30;1-11(2)30-18(20-15-6-14(7-16(15)20)29-4-3-13(23)10-29)8-17(28-30)12-5-19(31-22(24)25)21(26)27-9-12;1-12(2)30-19(20-15-8-14(9-16(15)20)29(3)5-4-6-31)10-18(28-30)13-7-17(22(23,24)25)21(26)27-11-13/h7,10-11,13,15-17,21H,1-6,8-9,12H2,(H2,27,28);5,8-9,11,13-16,20,22H,3-4,6-7,10H2,1-2H3,(H2,26,27);7,10-12,14-16,20,31H,4-6,8-9H2,1-3H3,(H2,26,27)/t15?,16-,17+,21?;13-,14?,15-,16+,20?;14?,15-,16+,20?/m.0./s1. The number of aromatic nitrogens is 9. The van der Waals surface area contributed by atoms with Crippen LogP contribution in [-0.2, 0) is 17.5 Å². The van der Waals surface area contributed by atoms with Gasteiger partial charge in [0, 0.05) is 146 Å². The molecule has 19 nitrogen and oxygen atoms in total. The van der Waals surface area contributed by atoms with Crippen LogP contribution in [0.15, 0.2) is 55.0 Å². The topological polar surface area (TPSA) is 228 Å². The average Bonchev–Trinajstić information content (AvgIpc) is 1.57. The zero-order valence-electron chi connectivity index (χ0n) is 54.1. The number of fused-ring (bicyclic) bond motifs is 3. The van der Waals surface area contributed by atoms with E-state index in [1.54, 1.807) is 0 Å². The highest BCUT2D eigenvalue weighted by molar-refractivity contribution is 5.66. The zero-order valence-corrected chi connectivity index (χ0v) is 54.1. The number of anilines is 3. The molecule has 516 valence electrons. The Balaban J connectivity index is 0.000000129. The number of hydrogen-bond donors (Lipinski definition) is 4. The molecule has 8 heterocycles. The Bertz CT molecular complexity index is 3650. The molecule has 0 radical (unpaired) electrons. The number of hydrogen-bond acceptors (Lipinski definition) is 16. The second kappa shape index (κ2) is 26.6. The number of aliphatic hydroxyl groups excluding tert-OH is 1. The number of morpholine rings is 1. The van der Waals surface area contributed by atoms with Gasteiger partial charge in [-0.2, -0.15) is 37.2 Å². The highest BCUT2D eigenvalue weighted by atomic mass is 19.4. The molecule has 7 N–H and O–H groups in total. The summed E-state index contributed by atoms with van der Waals surface area (Å²) in [7, 11) is 2.11. The second-order valence-electron chi connectivity index (χ2n) is 28.4. The van der Waals surface area contributed by atoms with Gasteiger partial charge in [0.05, 0.1) is 35.9 Å². The first-order valence-electron chi connectivity index (χ1n) is 33.6. The molecule has 2 aliphatic heterocycles. The number of nitrogens with zero attached hydrogens (tertiary/aromatic N) is 12. The fraction of sp³-hybridized carbons (Fsp3) is 0.642. The van der Waals surface area contributed by atoms with Crippen molar-refractivity contribution in [2.75, 3.05) is 76.8 Å². The normalized spacial score (nSPS) is 28.6. The van der Waals surface area contributed by atoms with Gasteiger partial charge in [0.15, 0.2) is 23.1 Å². The number of likely N-dealkylation sites (tertiary alicyclic amines) is 1. The van der Waals surface area contributed by atoms with E-state index in [9.17, 15) is 39.5 Å². The molecule has 95 heavy (non-hydrogen) atoms. The molecule has 9 fully saturated rings. The maximum Gasteiger partial charge on any atom is 0.573 e. The third kappa shape index (κ3) is 14.5. The van der Waals surface area contributed by atoms with Crippen molar-refractivity contribution in [3.05, 3.63) is 77.6 Å². The molecule has 15 rings (SSSR count). The van der Waals surface area contributed by atoms with Gasteiger partial charge in [0.1, 0.15) is 12.0 Å². The summed E-state index contributed by atoms with van der Waals surface area (Å²) in [6.07, 6.45) is 5.00. The Kier molecular flexibility index (Phi) is 18.7. The van der Waals surface area contributed by atoms with Crippen molar-refractivity contribution in [3.63, 3.8) is 0 Å². The Labute approximate surface area is 546 Å². The van der Waals surface area contributed by atoms with Crippen LogP contribution in [-0.4, -0.2) is 161 Å². The minimum atomic E-state index is -4.83. The fourth-order valence-electron chi connectivity index (χ4n) is 16.6. The lowest BCUT2D eigenvalue weighted by Gasteiger charge is -2.33. The van der Waals surface area contributed by atoms with Crippen LogP contribution in [0.4, 0.5) is 57.0 Å². The number of alkyl halides is 9. The number of halogens is 9. The second-order valence-corrected chi connectivity index (χ2v) is 28.4. The maximum absolute atomic E-state index is 13.6. The lowest BCUT2D eigenvalue weighted by molar-refractivity contribution is -0.274. The van der Waals surface area contributed by atoms with E-state index in [0.29, 0.717) is 124 Å². The summed E-state index contributed by atoms with van der Waals surface area (Å²) < 4.78 is 137. The molecule has 9 aliphatic rings. The van der Waals surface area contributed by atoms with Gasteiger partial charge in [-0.15, -0.1) is 13.2 Å². The van der Waals surface area contributed by atoms with Crippen LogP contribution in [0.25, 0.3) is 33.8 Å². The molecule has 0 bridgehead atoms. The van der Waals surface area contributed by atoms with Gasteiger partial charge in [-0.25, -0.2) is 19.3 Å². The quantitative estimate of drug-likeness (QED) is 0.0553. The molecule has 6 aromatic heterocycles. The lowest BCUT2D eigenvalue weighted by Crippen LogP contribution is -2.43. The molecule has 2 saturated heterocycles. The van der Waals surface area contributed by atoms with Crippen LogP contribution in [0.2, 0.25) is 0 Å². The fourth-order valence-corrected chi connectivity index (χ4v) is 16.6. The average molecular weight is 1340 g/mol. The largest absolute Gasteiger partial charge is 0.573 e. The molecule has 13 atom stereocenters. The number of nitrogen functional groups attached to an aromatic ring is 3. The first-order chi connectivity index (χ1) is 45.3. The van der Waals surface area contributed by atoms with Gasteiger partial charge in [0.25, 0.3) is 0 Å². The van der Waals surface area contributed by atoms with Crippen molar-refractivity contribution in [3.8, 4) is 45.3 Å². The number of aliphatic hydroxyl groups is 1. The van der Waals surface area contributed by atoms with E-state index in [1.807, 2.05) is 41.4 Å². The van der Waals surface area contributed by atoms with E-state index < -0.39 is 42.5 Å². The minimum Gasteiger partial charge on any atom is -0.431 e. The lowest BCUT2D eigenvalue weighted by atomic mass is 10.0. The van der Waals surface area contributed by atoms with E-state index in [1.165, 1.54) is 67.8 Å². The van der Waals surface area contributed by atoms with Gasteiger partial charge in [-0.05, 0) is 177 Å². The Morgan fingerprint density at radius 3 is 1.60 bits per heavy atom. The Morgan fingerprint density at radius 2 is 1.11 bits per heavy atom. The van der Waals surface area contributed by atoms with Crippen molar-refractivity contribution in [2.45, 2.75) is 172 Å². The van der Waals surface area contributed by atoms with Crippen molar-refractivity contribution >= 4 is 17.5 Å². The van der Waals surface area contributed by atoms with Crippen LogP contribution >= 0.6 is 0 Å². The number of ether oxygens (including phenoxy) is 3. The monoisotopic (exact) mass is 1340 g/mol. The summed E-state index contributed by atoms with van der Waals surface area (Å²) in [5.41, 5.74) is 22.5. The van der Waals surface area contributed by atoms with Gasteiger partial charge in [-0.3, -0.25) is 23.8 Å². The highest BCUT2D eigenvalue weighted by Gasteiger charge is 2.61. The van der Waals surface area contributed by atoms with E-state index in [4.69, 9.17) is 37.2 Å². The molecule has 7 aliphatic carbocycles. The number of pyridine rings is 3. The molecule has 0 amide bonds. The van der Waals surface area contributed by atoms with Gasteiger partial charge < -0.3 is 41.4 Å². The molecular weight excluding hydrogens is 1250 g/mol. The predicted octanol–water partition coefficient (Wildman–Crippen LogP) is 11.8. The molecule has 7 saturated carbocycles. The minimum absolute atomic E-state index is 0.0761. The number of rotatable bonds is 19. The summed E-state index contributed by atoms with van der Waals surface area (Å²) in [6, 6.07) is 11.8. The Hall–Kier alpha value is -6.75. The van der Waals surface area contributed by atoms with Crippen LogP contribution in [0.5, 0.6) is 11.5 Å². The van der Waals surface area contributed by atoms with Gasteiger partial charge in [-0.1, -0.05) is 0 Å². The van der Waals surface area contributed by atoms with Crippen LogP contribution < -0.4 is 26.7 Å². The molecule has 28 heteroatoms. The summed E-state index contributed by atoms with van der Waals surface area (Å²) in [4.78, 5) is 18.9. The van der Waals surface area contributed by atoms with Crippen molar-refractivity contribution in [2.24, 2.45) is 41.4 Å². The zero-order chi connectivity index (χ0) is 67.1. The SMILES string of the molecule is CC(C)n1nc(-c2cnc(N)c(C(F)(F)F)c2)cc1C1[C@H]2CC(N(C)CCCO)C[C@@H]12.CC(C)n1nc(-c2cnc(N)c(OC(F)F)c2)cc1C1[C@H]2CC(N3CC[C@H](F)C3)C[C@@H]12.Nc1ncc(-c2cc(C3[C@H]4CC(N5CCOCC5)C[C@@H]34)n(CC3CC3)n2)cc1OC(F)(F)F. The van der Waals surface area contributed by atoms with E-state index in [-0.39, 0.29) is 36.1 Å². The molecule has 0 aromatic carbocycles. The number of nitrogens with two attached hydrogens (primary N) is 3. The van der Waals surface area contributed by atoms with E-state index >= 15 is 0 Å². The van der Waals surface area contributed by atoms with Crippen molar-refractivity contribution < 1.29 is 58.8 Å². The maximum atomic E-state index is 13.6. The summed E-state index contributed by atoms with van der Waals surface area (Å²) in [5.74, 6) is 4.14. The summed E-state index contributed by atoms with van der Waals surface area (Å²) in [5, 5.41) is 23.3. The van der Waals surface area contributed by atoms with Crippen LogP contribution in [0.3, 0.4) is 0 Å². The van der Waals surface area contributed by atoms with Crippen LogP contribution in [0, 0.1) is 41.4 Å².